The van der Waals surface area contributed by atoms with E-state index in [1.165, 1.54) is 94.3 Å². The van der Waals surface area contributed by atoms with E-state index in [0.717, 1.165) is 19.3 Å². The van der Waals surface area contributed by atoms with Crippen LogP contribution in [0.1, 0.15) is 134 Å². The Labute approximate surface area is 325 Å². The van der Waals surface area contributed by atoms with Crippen LogP contribution < -0.4 is 5.73 Å². The number of hydrogen-bond donors (Lipinski definition) is 5. The highest BCUT2D eigenvalue weighted by atomic mass is 31.2. The van der Waals surface area contributed by atoms with Gasteiger partial charge in [-0.2, -0.15) is 5.10 Å². The van der Waals surface area contributed by atoms with Gasteiger partial charge < -0.3 is 40.2 Å². The van der Waals surface area contributed by atoms with Gasteiger partial charge in [0.15, 0.2) is 17.7 Å². The number of aliphatic hydroxyl groups excluding tert-OH is 2. The molecule has 2 aliphatic rings. The average Bonchev–Trinajstić information content (AvgIpc) is 3.41. The number of aromatic nitrogens is 3. The van der Waals surface area contributed by atoms with E-state index in [1.807, 2.05) is 6.07 Å². The second-order valence-electron chi connectivity index (χ2n) is 15.3. The maximum Gasteiger partial charge on any atom is 0.472 e. The Morgan fingerprint density at radius 1 is 0.909 bits per heavy atom. The third-order valence-electron chi connectivity index (χ3n) is 10.9. The number of nitrogens with zero attached hydrogens (tertiary/aromatic N) is 3. The molecule has 2 aromatic heterocycles. The van der Waals surface area contributed by atoms with Crippen LogP contribution in [0.3, 0.4) is 0 Å². The van der Waals surface area contributed by atoms with Gasteiger partial charge in [-0.1, -0.05) is 134 Å². The predicted octanol–water partition coefficient (Wildman–Crippen LogP) is 6.89. The second kappa shape index (κ2) is 20.8. The minimum atomic E-state index is -4.82. The van der Waals surface area contributed by atoms with Crippen LogP contribution in [0, 0.1) is 0 Å². The lowest BCUT2D eigenvalue weighted by Crippen LogP contribution is -2.46. The van der Waals surface area contributed by atoms with Gasteiger partial charge in [-0.05, 0) is 25.5 Å². The molecule has 3 heterocycles. The highest BCUT2D eigenvalue weighted by Crippen LogP contribution is 2.63. The van der Waals surface area contributed by atoms with Crippen molar-refractivity contribution in [3.8, 4) is 0 Å². The van der Waals surface area contributed by atoms with Gasteiger partial charge in [0.25, 0.3) is 0 Å². The van der Waals surface area contributed by atoms with Crippen molar-refractivity contribution in [2.75, 3.05) is 25.6 Å². The summed E-state index contributed by atoms with van der Waals surface area (Å²) in [6, 6.07) is 12.1. The summed E-state index contributed by atoms with van der Waals surface area (Å²) in [4.78, 5) is 14.6. The van der Waals surface area contributed by atoms with Crippen LogP contribution in [0.2, 0.25) is 0 Å². The SMILES string of the molecule is CCCCCCCCCCCCCCCCCCOCC(COP(=O)(O)OC1C2OC(C)(c3ccc4c(N)ncnn34)C(O)C21O)OC(O)c1ccccc1. The number of phosphoric ester groups is 1. The molecule has 0 amide bonds. The van der Waals surface area contributed by atoms with Crippen LogP contribution in [0.4, 0.5) is 5.82 Å². The van der Waals surface area contributed by atoms with E-state index in [4.69, 9.17) is 29.0 Å². The maximum atomic E-state index is 13.1. The number of nitrogens with two attached hydrogens (primary N) is 1. The molecule has 308 valence electrons. The molecule has 1 saturated heterocycles. The lowest BCUT2D eigenvalue weighted by molar-refractivity contribution is -0.166. The Bertz CT molecular complexity index is 1630. The summed E-state index contributed by atoms with van der Waals surface area (Å²) in [7, 11) is -4.82. The van der Waals surface area contributed by atoms with Crippen LogP contribution in [-0.4, -0.2) is 84.6 Å². The predicted molar refractivity (Wildman–Crippen MR) is 208 cm³/mol. The fourth-order valence-corrected chi connectivity index (χ4v) is 8.54. The van der Waals surface area contributed by atoms with Crippen LogP contribution >= 0.6 is 7.82 Å². The molecule has 6 N–H and O–H groups in total. The number of hydrogen-bond acceptors (Lipinski definition) is 12. The van der Waals surface area contributed by atoms with Crippen molar-refractivity contribution >= 4 is 19.2 Å². The van der Waals surface area contributed by atoms with E-state index >= 15 is 0 Å². The van der Waals surface area contributed by atoms with Crippen LogP contribution in [-0.2, 0) is 33.4 Å². The Morgan fingerprint density at radius 3 is 2.09 bits per heavy atom. The summed E-state index contributed by atoms with van der Waals surface area (Å²) in [5, 5.41) is 37.5. The summed E-state index contributed by atoms with van der Waals surface area (Å²) >= 11 is 0. The first-order valence-corrected chi connectivity index (χ1v) is 21.8. The summed E-state index contributed by atoms with van der Waals surface area (Å²) in [5.74, 6) is 0.227. The van der Waals surface area contributed by atoms with E-state index < -0.39 is 56.3 Å². The third kappa shape index (κ3) is 11.6. The van der Waals surface area contributed by atoms with Gasteiger partial charge in [-0.3, -0.25) is 9.05 Å². The number of rotatable bonds is 28. The van der Waals surface area contributed by atoms with Crippen molar-refractivity contribution in [3.63, 3.8) is 0 Å². The zero-order valence-electron chi connectivity index (χ0n) is 32.5. The normalized spacial score (nSPS) is 25.5. The number of benzene rings is 1. The number of anilines is 1. The van der Waals surface area contributed by atoms with E-state index in [0.29, 0.717) is 23.4 Å². The Morgan fingerprint density at radius 2 is 1.51 bits per heavy atom. The van der Waals surface area contributed by atoms with Gasteiger partial charge in [0.2, 0.25) is 0 Å². The van der Waals surface area contributed by atoms with E-state index in [1.54, 1.807) is 43.3 Å². The van der Waals surface area contributed by atoms with Crippen molar-refractivity contribution in [1.82, 2.24) is 14.6 Å². The van der Waals surface area contributed by atoms with Crippen molar-refractivity contribution in [1.29, 1.82) is 0 Å². The van der Waals surface area contributed by atoms with E-state index in [2.05, 4.69) is 17.0 Å². The van der Waals surface area contributed by atoms with Gasteiger partial charge in [-0.25, -0.2) is 14.1 Å². The Kier molecular flexibility index (Phi) is 16.5. The Balaban J connectivity index is 1.01. The maximum absolute atomic E-state index is 13.1. The summed E-state index contributed by atoms with van der Waals surface area (Å²) in [5.41, 5.74) is 3.91. The molecule has 8 atom stereocenters. The molecule has 8 unspecified atom stereocenters. The third-order valence-corrected chi connectivity index (χ3v) is 11.9. The molecule has 55 heavy (non-hydrogen) atoms. The molecule has 1 aliphatic carbocycles. The van der Waals surface area contributed by atoms with Crippen LogP contribution in [0.5, 0.6) is 0 Å². The zero-order chi connectivity index (χ0) is 39.3. The molecule has 1 aromatic carbocycles. The summed E-state index contributed by atoms with van der Waals surface area (Å²) < 4.78 is 42.9. The van der Waals surface area contributed by atoms with Gasteiger partial charge in [0, 0.05) is 12.2 Å². The van der Waals surface area contributed by atoms with Crippen molar-refractivity contribution in [3.05, 3.63) is 60.0 Å². The standard InChI is InChI=1S/C40H63N4O10P/c1-3-4-5-6-7-8-9-10-11-12-13-14-15-16-17-21-26-50-27-31(52-37(45)30-22-19-18-20-23-30)28-51-55(48,49)54-35-34-40(35,47)38(46)39(2,53-34)33-25-24-32-36(41)42-29-43-44(32)33/h18-20,22-25,29,31,34-35,37-38,45-47H,3-17,21,26-28H2,1-2H3,(H,48,49)(H2,41,42,43). The minimum absolute atomic E-state index is 0.00184. The number of unbranched alkanes of at least 4 members (excludes halogenated alkanes) is 15. The fraction of sp³-hybridized carbons (Fsp3) is 0.700. The highest BCUT2D eigenvalue weighted by molar-refractivity contribution is 7.47. The minimum Gasteiger partial charge on any atom is -0.386 e. The van der Waals surface area contributed by atoms with Gasteiger partial charge >= 0.3 is 7.82 Å². The summed E-state index contributed by atoms with van der Waals surface area (Å²) in [6.07, 6.45) is 15.4. The monoisotopic (exact) mass is 790 g/mol. The molecule has 0 spiro atoms. The topological polar surface area (TPSA) is 200 Å². The smallest absolute Gasteiger partial charge is 0.386 e. The number of ether oxygens (including phenoxy) is 3. The fourth-order valence-electron chi connectivity index (χ4n) is 7.56. The Hall–Kier alpha value is -2.49. The van der Waals surface area contributed by atoms with Crippen molar-refractivity contribution in [2.24, 2.45) is 0 Å². The van der Waals surface area contributed by atoms with Crippen molar-refractivity contribution < 1.29 is 48.0 Å². The molecule has 15 heteroatoms. The lowest BCUT2D eigenvalue weighted by atomic mass is 9.91. The lowest BCUT2D eigenvalue weighted by Gasteiger charge is -2.32. The molecular weight excluding hydrogens is 727 g/mol. The first kappa shape index (κ1) is 43.6. The number of nitrogen functional groups attached to an aromatic ring is 1. The van der Waals surface area contributed by atoms with Gasteiger partial charge in [0.1, 0.15) is 41.9 Å². The molecule has 1 aliphatic heterocycles. The molecular formula is C40H63N4O10P. The molecule has 0 bridgehead atoms. The van der Waals surface area contributed by atoms with Gasteiger partial charge in [0.05, 0.1) is 18.9 Å². The second-order valence-corrected chi connectivity index (χ2v) is 16.7. The largest absolute Gasteiger partial charge is 0.472 e. The quantitative estimate of drug-likeness (QED) is 0.0290. The first-order valence-electron chi connectivity index (χ1n) is 20.3. The molecule has 5 rings (SSSR count). The highest BCUT2D eigenvalue weighted by Gasteiger charge is 2.82. The molecule has 0 radical (unpaired) electrons. The van der Waals surface area contributed by atoms with E-state index in [-0.39, 0.29) is 12.4 Å². The number of aliphatic hydroxyl groups is 3. The number of fused-ring (bicyclic) bond motifs is 2. The number of phosphoric acid groups is 1. The molecule has 3 aromatic rings. The van der Waals surface area contributed by atoms with Gasteiger partial charge in [-0.15, -0.1) is 0 Å². The molecule has 1 saturated carbocycles. The molecule has 14 nitrogen and oxygen atoms in total. The van der Waals surface area contributed by atoms with E-state index in [9.17, 15) is 24.8 Å². The van der Waals surface area contributed by atoms with Crippen LogP contribution in [0.15, 0.2) is 48.8 Å². The first-order chi connectivity index (χ1) is 26.5. The zero-order valence-corrected chi connectivity index (χ0v) is 33.4. The van der Waals surface area contributed by atoms with Crippen molar-refractivity contribution in [2.45, 2.75) is 158 Å². The van der Waals surface area contributed by atoms with Crippen LogP contribution in [0.25, 0.3) is 5.52 Å². The summed E-state index contributed by atoms with van der Waals surface area (Å²) in [6.45, 7) is 3.85. The average molecular weight is 791 g/mol. The molecule has 2 fully saturated rings.